The lowest BCUT2D eigenvalue weighted by Gasteiger charge is -2.30. The third-order valence-electron chi connectivity index (χ3n) is 6.57. The van der Waals surface area contributed by atoms with Gasteiger partial charge in [-0.3, -0.25) is 9.10 Å². The highest BCUT2D eigenvalue weighted by molar-refractivity contribution is 7.92. The molecule has 0 radical (unpaired) electrons. The molecule has 0 aromatic heterocycles. The summed E-state index contributed by atoms with van der Waals surface area (Å²) in [5.74, 6) is -0.125. The molecule has 1 fully saturated rings. The number of carbonyl (C=O) groups excluding carboxylic acids is 1. The second-order valence-corrected chi connectivity index (χ2v) is 13.7. The van der Waals surface area contributed by atoms with Crippen LogP contribution in [-0.2, 0) is 19.8 Å². The van der Waals surface area contributed by atoms with Crippen LogP contribution in [0, 0.1) is 4.78 Å². The first-order valence-corrected chi connectivity index (χ1v) is 16.3. The standard InChI is InChI=1S/C26H39N5O4S2/c1-4-5-6-7-8-19-37(27,35)23-12-9-21(10-13-23)29-26(32)24-20-22(31-17-15-28-16-18-31)11-14-25(24)30(2)36(3,33)34/h9-14,20,27-28H,4-8,15-19H2,1-3H3,(H,29,32)/t37-/m1/s1. The van der Waals surface area contributed by atoms with Crippen LogP contribution < -0.4 is 19.8 Å². The Morgan fingerprint density at radius 2 is 1.68 bits per heavy atom. The van der Waals surface area contributed by atoms with E-state index < -0.39 is 25.7 Å². The molecule has 2 aromatic rings. The largest absolute Gasteiger partial charge is 0.369 e. The van der Waals surface area contributed by atoms with Gasteiger partial charge in [0.1, 0.15) is 0 Å². The number of piperazine rings is 1. The second kappa shape index (κ2) is 12.7. The van der Waals surface area contributed by atoms with Crippen LogP contribution in [0.15, 0.2) is 47.4 Å². The highest BCUT2D eigenvalue weighted by Crippen LogP contribution is 2.29. The highest BCUT2D eigenvalue weighted by atomic mass is 32.2. The normalized spacial score (nSPS) is 15.7. The van der Waals surface area contributed by atoms with E-state index in [2.05, 4.69) is 22.5 Å². The molecule has 1 atom stereocenters. The SMILES string of the molecule is CCCCCCC[S@@](=N)(=O)c1ccc(NC(=O)c2cc(N3CCNCC3)ccc2N(C)S(C)(=O)=O)cc1. The van der Waals surface area contributed by atoms with Crippen LogP contribution in [0.25, 0.3) is 0 Å². The molecule has 0 saturated carbocycles. The zero-order chi connectivity index (χ0) is 27.1. The average Bonchev–Trinajstić information content (AvgIpc) is 2.88. The number of anilines is 3. The van der Waals surface area contributed by atoms with Gasteiger partial charge in [-0.15, -0.1) is 0 Å². The van der Waals surface area contributed by atoms with Crippen LogP contribution in [0.5, 0.6) is 0 Å². The van der Waals surface area contributed by atoms with Crippen LogP contribution >= 0.6 is 0 Å². The number of nitrogens with zero attached hydrogens (tertiary/aromatic N) is 2. The van der Waals surface area contributed by atoms with Crippen molar-refractivity contribution in [3.8, 4) is 0 Å². The molecule has 1 aliphatic rings. The van der Waals surface area contributed by atoms with E-state index in [1.165, 1.54) is 7.05 Å². The van der Waals surface area contributed by atoms with Gasteiger partial charge in [0.2, 0.25) is 10.0 Å². The summed E-state index contributed by atoms with van der Waals surface area (Å²) in [7, 11) is -5.05. The molecular formula is C26H39N5O4S2. The van der Waals surface area contributed by atoms with E-state index in [-0.39, 0.29) is 11.3 Å². The van der Waals surface area contributed by atoms with Crippen molar-refractivity contribution in [1.29, 1.82) is 4.78 Å². The fourth-order valence-corrected chi connectivity index (χ4v) is 6.20. The van der Waals surface area contributed by atoms with E-state index in [1.54, 1.807) is 36.4 Å². The number of benzene rings is 2. The van der Waals surface area contributed by atoms with Crippen molar-refractivity contribution >= 4 is 42.7 Å². The molecule has 9 nitrogen and oxygen atoms in total. The maximum absolute atomic E-state index is 13.4. The Morgan fingerprint density at radius 3 is 2.30 bits per heavy atom. The minimum absolute atomic E-state index is 0.240. The topological polar surface area (TPSA) is 123 Å². The number of rotatable bonds is 12. The zero-order valence-corrected chi connectivity index (χ0v) is 23.6. The first-order valence-electron chi connectivity index (χ1n) is 12.7. The summed E-state index contributed by atoms with van der Waals surface area (Å²) in [5, 5.41) is 6.13. The van der Waals surface area contributed by atoms with Crippen molar-refractivity contribution < 1.29 is 17.4 Å². The van der Waals surface area contributed by atoms with Crippen molar-refractivity contribution in [3.05, 3.63) is 48.0 Å². The number of unbranched alkanes of at least 4 members (excludes halogenated alkanes) is 4. The molecule has 0 bridgehead atoms. The predicted octanol–water partition coefficient (Wildman–Crippen LogP) is 4.12. The molecule has 37 heavy (non-hydrogen) atoms. The molecule has 11 heteroatoms. The Kier molecular flexibility index (Phi) is 9.97. The summed E-state index contributed by atoms with van der Waals surface area (Å²) in [5.41, 5.74) is 1.85. The van der Waals surface area contributed by atoms with E-state index in [0.29, 0.717) is 16.3 Å². The summed E-state index contributed by atoms with van der Waals surface area (Å²) in [6.45, 7) is 5.37. The van der Waals surface area contributed by atoms with E-state index in [0.717, 1.165) is 74.5 Å². The summed E-state index contributed by atoms with van der Waals surface area (Å²) >= 11 is 0. The van der Waals surface area contributed by atoms with Gasteiger partial charge in [0.15, 0.2) is 0 Å². The molecule has 0 spiro atoms. The predicted molar refractivity (Wildman–Crippen MR) is 152 cm³/mol. The van der Waals surface area contributed by atoms with Gasteiger partial charge in [-0.05, 0) is 48.9 Å². The molecule has 204 valence electrons. The van der Waals surface area contributed by atoms with Gasteiger partial charge in [-0.2, -0.15) is 0 Å². The number of amides is 1. The molecule has 1 amide bonds. The maximum Gasteiger partial charge on any atom is 0.257 e. The van der Waals surface area contributed by atoms with Gasteiger partial charge in [0.05, 0.1) is 27.2 Å². The van der Waals surface area contributed by atoms with E-state index >= 15 is 0 Å². The average molecular weight is 550 g/mol. The Labute approximate surface area is 221 Å². The molecule has 3 rings (SSSR count). The zero-order valence-electron chi connectivity index (χ0n) is 22.0. The molecular weight excluding hydrogens is 510 g/mol. The smallest absolute Gasteiger partial charge is 0.257 e. The van der Waals surface area contributed by atoms with Crippen LogP contribution in [0.1, 0.15) is 49.4 Å². The van der Waals surface area contributed by atoms with Gasteiger partial charge in [-0.25, -0.2) is 17.4 Å². The molecule has 0 unspecified atom stereocenters. The third-order valence-corrected chi connectivity index (χ3v) is 9.66. The summed E-state index contributed by atoms with van der Waals surface area (Å²) in [6.07, 6.45) is 6.18. The summed E-state index contributed by atoms with van der Waals surface area (Å²) in [4.78, 5) is 15.9. The van der Waals surface area contributed by atoms with Crippen LogP contribution in [0.4, 0.5) is 17.1 Å². The van der Waals surface area contributed by atoms with Crippen molar-refractivity contribution in [3.63, 3.8) is 0 Å². The van der Waals surface area contributed by atoms with Gasteiger partial charge in [0.25, 0.3) is 5.91 Å². The summed E-state index contributed by atoms with van der Waals surface area (Å²) in [6, 6.07) is 11.7. The Bertz CT molecular complexity index is 1270. The van der Waals surface area contributed by atoms with E-state index in [9.17, 15) is 17.4 Å². The van der Waals surface area contributed by atoms with Crippen molar-refractivity contribution in [2.75, 3.05) is 59.8 Å². The van der Waals surface area contributed by atoms with Crippen LogP contribution in [0.2, 0.25) is 0 Å². The number of hydrogen-bond acceptors (Lipinski definition) is 7. The highest BCUT2D eigenvalue weighted by Gasteiger charge is 2.22. The van der Waals surface area contributed by atoms with Gasteiger partial charge in [0, 0.05) is 55.2 Å². The number of hydrogen-bond donors (Lipinski definition) is 3. The monoisotopic (exact) mass is 549 g/mol. The number of carbonyl (C=O) groups is 1. The second-order valence-electron chi connectivity index (χ2n) is 9.44. The molecule has 2 aromatic carbocycles. The molecule has 3 N–H and O–H groups in total. The third kappa shape index (κ3) is 7.93. The van der Waals surface area contributed by atoms with Crippen molar-refractivity contribution in [1.82, 2.24) is 5.32 Å². The Balaban J connectivity index is 1.79. The lowest BCUT2D eigenvalue weighted by Crippen LogP contribution is -2.43. The van der Waals surface area contributed by atoms with Gasteiger partial charge >= 0.3 is 0 Å². The Hall–Kier alpha value is -2.63. The quantitative estimate of drug-likeness (QED) is 0.342. The summed E-state index contributed by atoms with van der Waals surface area (Å²) < 4.78 is 46.8. The first kappa shape index (κ1) is 28.9. The lowest BCUT2D eigenvalue weighted by atomic mass is 10.1. The van der Waals surface area contributed by atoms with Crippen LogP contribution in [-0.4, -0.2) is 63.8 Å². The van der Waals surface area contributed by atoms with Gasteiger partial charge < -0.3 is 15.5 Å². The molecule has 1 aliphatic heterocycles. The maximum atomic E-state index is 13.4. The minimum atomic E-state index is -3.58. The van der Waals surface area contributed by atoms with Gasteiger partial charge in [-0.1, -0.05) is 32.6 Å². The minimum Gasteiger partial charge on any atom is -0.369 e. The Morgan fingerprint density at radius 1 is 1.03 bits per heavy atom. The first-order chi connectivity index (χ1) is 17.5. The number of nitrogens with one attached hydrogen (secondary N) is 3. The fraction of sp³-hybridized carbons (Fsp3) is 0.500. The van der Waals surface area contributed by atoms with Crippen molar-refractivity contribution in [2.24, 2.45) is 0 Å². The molecule has 1 heterocycles. The van der Waals surface area contributed by atoms with E-state index in [4.69, 9.17) is 4.78 Å². The van der Waals surface area contributed by atoms with E-state index in [1.807, 2.05) is 6.07 Å². The van der Waals surface area contributed by atoms with Crippen molar-refractivity contribution in [2.45, 2.75) is 43.9 Å². The fourth-order valence-electron chi connectivity index (χ4n) is 4.26. The lowest BCUT2D eigenvalue weighted by molar-refractivity contribution is 0.102. The van der Waals surface area contributed by atoms with Crippen LogP contribution in [0.3, 0.4) is 0 Å². The number of sulfonamides is 1. The molecule has 0 aliphatic carbocycles. The molecule has 1 saturated heterocycles.